The fourth-order valence-electron chi connectivity index (χ4n) is 6.97. The first-order valence-electron chi connectivity index (χ1n) is 16.4. The van der Waals surface area contributed by atoms with Crippen LogP contribution in [0.15, 0.2) is 54.7 Å². The lowest BCUT2D eigenvalue weighted by atomic mass is 9.88. The molecule has 7 rings (SSSR count). The largest absolute Gasteiger partial charge is 0.462 e. The summed E-state index contributed by atoms with van der Waals surface area (Å²) < 4.78 is 15.9. The minimum absolute atomic E-state index is 0.0931. The molecule has 0 unspecified atom stereocenters. The summed E-state index contributed by atoms with van der Waals surface area (Å²) in [7, 11) is 0. The van der Waals surface area contributed by atoms with E-state index in [2.05, 4.69) is 17.4 Å². The number of rotatable bonds is 8. The van der Waals surface area contributed by atoms with Crippen LogP contribution in [0.2, 0.25) is 0 Å². The number of hydrogen-bond acceptors (Lipinski definition) is 6. The number of fused-ring (bicyclic) bond motifs is 5. The van der Waals surface area contributed by atoms with E-state index >= 15 is 0 Å². The second kappa shape index (κ2) is 12.4. The summed E-state index contributed by atoms with van der Waals surface area (Å²) in [5, 5.41) is 0.730. The third-order valence-electron chi connectivity index (χ3n) is 9.41. The molecule has 44 heavy (non-hydrogen) atoms. The highest BCUT2D eigenvalue weighted by atomic mass is 16.5. The van der Waals surface area contributed by atoms with E-state index in [4.69, 9.17) is 19.4 Å². The number of carbonyl (C=O) groups excluding carboxylic acids is 2. The summed E-state index contributed by atoms with van der Waals surface area (Å²) in [5.74, 6) is 1.19. The third kappa shape index (κ3) is 5.35. The molecule has 2 fully saturated rings. The molecule has 2 saturated carbocycles. The van der Waals surface area contributed by atoms with Gasteiger partial charge in [0.1, 0.15) is 11.2 Å². The summed E-state index contributed by atoms with van der Waals surface area (Å²) in [5.41, 5.74) is 4.70. The van der Waals surface area contributed by atoms with E-state index in [0.29, 0.717) is 29.5 Å². The Morgan fingerprint density at radius 3 is 2.34 bits per heavy atom. The van der Waals surface area contributed by atoms with Crippen LogP contribution in [0.4, 0.5) is 0 Å². The number of benzene rings is 2. The van der Waals surface area contributed by atoms with Crippen LogP contribution in [-0.4, -0.2) is 37.5 Å². The summed E-state index contributed by atoms with van der Waals surface area (Å²) >= 11 is 0. The van der Waals surface area contributed by atoms with Gasteiger partial charge in [0.25, 0.3) is 0 Å². The first-order valence-corrected chi connectivity index (χ1v) is 16.4. The van der Waals surface area contributed by atoms with Crippen molar-refractivity contribution >= 4 is 39.7 Å². The molecule has 3 aromatic heterocycles. The minimum Gasteiger partial charge on any atom is -0.462 e. The van der Waals surface area contributed by atoms with Gasteiger partial charge in [-0.25, -0.2) is 14.8 Å². The summed E-state index contributed by atoms with van der Waals surface area (Å²) in [4.78, 5) is 36.6. The number of unbranched alkanes of at least 4 members (excludes halogenated alkanes) is 1. The van der Waals surface area contributed by atoms with Gasteiger partial charge < -0.3 is 9.47 Å². The monoisotopic (exact) mass is 592 g/mol. The zero-order valence-corrected chi connectivity index (χ0v) is 25.5. The van der Waals surface area contributed by atoms with Crippen molar-refractivity contribution in [2.24, 2.45) is 5.92 Å². The molecule has 2 aliphatic carbocycles. The van der Waals surface area contributed by atoms with Gasteiger partial charge in [-0.05, 0) is 68.5 Å². The van der Waals surface area contributed by atoms with Gasteiger partial charge in [0.2, 0.25) is 0 Å². The maximum Gasteiger partial charge on any atom is 0.338 e. The number of esters is 2. The van der Waals surface area contributed by atoms with Crippen LogP contribution in [0.3, 0.4) is 0 Å². The molecule has 0 saturated heterocycles. The van der Waals surface area contributed by atoms with E-state index in [1.807, 2.05) is 41.1 Å². The van der Waals surface area contributed by atoms with Crippen molar-refractivity contribution in [3.8, 4) is 11.4 Å². The van der Waals surface area contributed by atoms with Crippen molar-refractivity contribution in [1.29, 1.82) is 0 Å². The van der Waals surface area contributed by atoms with Gasteiger partial charge in [0.15, 0.2) is 17.0 Å². The van der Waals surface area contributed by atoms with Crippen LogP contribution in [0, 0.1) is 5.92 Å². The Balaban J connectivity index is 1.39. The van der Waals surface area contributed by atoms with E-state index < -0.39 is 0 Å². The standard InChI is InChI=1S/C36H40N4O4/c1-2-3-22-43-35(41)26-18-20-27(21-19-26)39-23-30(44-36(42)25-14-8-5-9-15-25)31-33(39)38-32(24-12-6-4-7-13-24)40-29-17-11-10-16-28(29)37-34(31)40/h10-11,16-21,23-25H,2-9,12-15,22H2,1H3. The Morgan fingerprint density at radius 2 is 1.59 bits per heavy atom. The lowest BCUT2D eigenvalue weighted by Crippen LogP contribution is -2.22. The van der Waals surface area contributed by atoms with Gasteiger partial charge in [-0.1, -0.05) is 64.0 Å². The number of ether oxygens (including phenoxy) is 2. The lowest BCUT2D eigenvalue weighted by molar-refractivity contribution is -0.139. The van der Waals surface area contributed by atoms with Crippen molar-refractivity contribution in [2.45, 2.75) is 89.9 Å². The number of imidazole rings is 1. The zero-order chi connectivity index (χ0) is 30.0. The normalized spacial score (nSPS) is 16.6. The molecule has 0 spiro atoms. The molecular weight excluding hydrogens is 552 g/mol. The first kappa shape index (κ1) is 28.6. The molecule has 8 heteroatoms. The van der Waals surface area contributed by atoms with E-state index in [0.717, 1.165) is 84.9 Å². The molecule has 0 amide bonds. The highest BCUT2D eigenvalue weighted by Gasteiger charge is 2.29. The van der Waals surface area contributed by atoms with Crippen LogP contribution in [0.25, 0.3) is 33.4 Å². The molecule has 8 nitrogen and oxygen atoms in total. The average Bonchev–Trinajstić information content (AvgIpc) is 3.64. The van der Waals surface area contributed by atoms with Crippen LogP contribution in [0.5, 0.6) is 5.75 Å². The minimum atomic E-state index is -0.326. The van der Waals surface area contributed by atoms with Crippen LogP contribution in [-0.2, 0) is 9.53 Å². The summed E-state index contributed by atoms with van der Waals surface area (Å²) in [6.45, 7) is 2.48. The van der Waals surface area contributed by atoms with Gasteiger partial charge in [-0.3, -0.25) is 13.8 Å². The van der Waals surface area contributed by atoms with Gasteiger partial charge in [0, 0.05) is 11.6 Å². The first-order chi connectivity index (χ1) is 21.6. The Morgan fingerprint density at radius 1 is 0.864 bits per heavy atom. The fraction of sp³-hybridized carbons (Fsp3) is 0.444. The maximum atomic E-state index is 13.5. The molecule has 228 valence electrons. The van der Waals surface area contributed by atoms with Crippen molar-refractivity contribution in [3.05, 3.63) is 66.1 Å². The molecule has 0 bridgehead atoms. The Hall–Kier alpha value is -4.20. The third-order valence-corrected chi connectivity index (χ3v) is 9.41. The quantitative estimate of drug-likeness (QED) is 0.133. The number of carbonyl (C=O) groups is 2. The highest BCUT2D eigenvalue weighted by Crippen LogP contribution is 2.40. The molecule has 2 aromatic carbocycles. The molecule has 0 atom stereocenters. The zero-order valence-electron chi connectivity index (χ0n) is 25.5. The summed E-state index contributed by atoms with van der Waals surface area (Å²) in [6, 6.07) is 15.5. The van der Waals surface area contributed by atoms with Gasteiger partial charge >= 0.3 is 11.9 Å². The smallest absolute Gasteiger partial charge is 0.338 e. The van der Waals surface area contributed by atoms with Gasteiger partial charge in [-0.15, -0.1) is 0 Å². The van der Waals surface area contributed by atoms with E-state index in [9.17, 15) is 9.59 Å². The molecule has 5 aromatic rings. The van der Waals surface area contributed by atoms with Crippen molar-refractivity contribution in [1.82, 2.24) is 18.9 Å². The van der Waals surface area contributed by atoms with Crippen LogP contribution >= 0.6 is 0 Å². The Kier molecular flexibility index (Phi) is 8.07. The van der Waals surface area contributed by atoms with Gasteiger partial charge in [0.05, 0.1) is 35.3 Å². The number of para-hydroxylation sites is 2. The van der Waals surface area contributed by atoms with E-state index in [1.165, 1.54) is 25.7 Å². The van der Waals surface area contributed by atoms with Crippen molar-refractivity contribution < 1.29 is 19.1 Å². The van der Waals surface area contributed by atoms with Crippen LogP contribution < -0.4 is 4.74 Å². The number of aromatic nitrogens is 4. The predicted octanol–water partition coefficient (Wildman–Crippen LogP) is 8.32. The Labute approximate surface area is 257 Å². The Bertz CT molecular complexity index is 1810. The topological polar surface area (TPSA) is 87.7 Å². The maximum absolute atomic E-state index is 13.5. The molecule has 2 aliphatic rings. The molecule has 0 N–H and O–H groups in total. The predicted molar refractivity (Wildman–Crippen MR) is 171 cm³/mol. The van der Waals surface area contributed by atoms with E-state index in [-0.39, 0.29) is 17.9 Å². The fourth-order valence-corrected chi connectivity index (χ4v) is 6.97. The summed E-state index contributed by atoms with van der Waals surface area (Å²) in [6.07, 6.45) is 14.4. The lowest BCUT2D eigenvalue weighted by Gasteiger charge is -2.22. The molecular formula is C36H40N4O4. The second-order valence-electron chi connectivity index (χ2n) is 12.4. The van der Waals surface area contributed by atoms with E-state index in [1.54, 1.807) is 12.1 Å². The van der Waals surface area contributed by atoms with Gasteiger partial charge in [-0.2, -0.15) is 0 Å². The number of nitrogens with zero attached hydrogens (tertiary/aromatic N) is 4. The molecule has 0 radical (unpaired) electrons. The highest BCUT2D eigenvalue weighted by molar-refractivity contribution is 6.01. The van der Waals surface area contributed by atoms with Crippen LogP contribution in [0.1, 0.15) is 106 Å². The molecule has 3 heterocycles. The number of hydrogen-bond donors (Lipinski definition) is 0. The average molecular weight is 593 g/mol. The SMILES string of the molecule is CCCCOC(=O)c1ccc(-n2cc(OC(=O)C3CCCCC3)c3c2nc(C2CCCCC2)n2c4ccccc4nc32)cc1. The van der Waals surface area contributed by atoms with Crippen molar-refractivity contribution in [2.75, 3.05) is 6.61 Å². The second-order valence-corrected chi connectivity index (χ2v) is 12.4. The van der Waals surface area contributed by atoms with Crippen molar-refractivity contribution in [3.63, 3.8) is 0 Å². The molecule has 0 aliphatic heterocycles.